The number of allylic oxidation sites excluding steroid dienone is 4. The van der Waals surface area contributed by atoms with E-state index >= 15 is 0 Å². The normalized spacial score (nSPS) is 15.4. The second kappa shape index (κ2) is 13.0. The Kier molecular flexibility index (Phi) is 7.53. The van der Waals surface area contributed by atoms with E-state index < -0.39 is 0 Å². The van der Waals surface area contributed by atoms with Gasteiger partial charge in [0.25, 0.3) is 0 Å². The Labute approximate surface area is 325 Å². The van der Waals surface area contributed by atoms with E-state index in [1.54, 1.807) is 0 Å². The van der Waals surface area contributed by atoms with E-state index in [2.05, 4.69) is 199 Å². The summed E-state index contributed by atoms with van der Waals surface area (Å²) >= 11 is 0. The lowest BCUT2D eigenvalue weighted by Crippen LogP contribution is -2.15. The molecular formula is C53H38N2O. The minimum atomic E-state index is 0.243. The van der Waals surface area contributed by atoms with Crippen LogP contribution in [0.4, 0.5) is 11.4 Å². The number of hydrogen-bond acceptors (Lipinski definition) is 2. The lowest BCUT2D eigenvalue weighted by molar-refractivity contribution is 0.510. The van der Waals surface area contributed by atoms with Gasteiger partial charge in [0.2, 0.25) is 0 Å². The Bertz CT molecular complexity index is 3200. The predicted octanol–water partition coefficient (Wildman–Crippen LogP) is 14.9. The number of aromatic nitrogens is 1. The maximum Gasteiger partial charge on any atom is 0.135 e. The van der Waals surface area contributed by atoms with Crippen molar-refractivity contribution in [1.82, 2.24) is 4.57 Å². The van der Waals surface area contributed by atoms with Gasteiger partial charge in [0.1, 0.15) is 11.2 Å². The van der Waals surface area contributed by atoms with E-state index in [0.717, 1.165) is 38.9 Å². The van der Waals surface area contributed by atoms with Crippen molar-refractivity contribution in [3.05, 3.63) is 194 Å². The van der Waals surface area contributed by atoms with Crippen LogP contribution in [0.5, 0.6) is 0 Å². The molecule has 8 aromatic carbocycles. The summed E-state index contributed by atoms with van der Waals surface area (Å²) in [7, 11) is 0. The number of para-hydroxylation sites is 2. The summed E-state index contributed by atoms with van der Waals surface area (Å²) in [5, 5.41) is 11.2. The monoisotopic (exact) mass is 718 g/mol. The summed E-state index contributed by atoms with van der Waals surface area (Å²) in [6.07, 6.45) is 9.01. The first-order valence-corrected chi connectivity index (χ1v) is 19.5. The molecule has 3 nitrogen and oxygen atoms in total. The van der Waals surface area contributed by atoms with Gasteiger partial charge in [-0.1, -0.05) is 159 Å². The fourth-order valence-corrected chi connectivity index (χ4v) is 8.92. The van der Waals surface area contributed by atoms with Crippen LogP contribution in [0, 0.1) is 5.92 Å². The molecular weight excluding hydrogens is 681 g/mol. The van der Waals surface area contributed by atoms with Crippen LogP contribution in [0.1, 0.15) is 13.0 Å². The van der Waals surface area contributed by atoms with Crippen LogP contribution in [-0.4, -0.2) is 4.57 Å². The van der Waals surface area contributed by atoms with Gasteiger partial charge in [-0.3, -0.25) is 0 Å². The SMILES string of the molecule is CC1C=CC=CC1n1c2ccccc2c2ccc(-c3ccc(-c4ccccc4)c(Nc4ccc(-c5ccc6oc7ccccc7c6c5)c5ccccc45)c3)cc21. The van der Waals surface area contributed by atoms with Crippen molar-refractivity contribution in [3.63, 3.8) is 0 Å². The second-order valence-corrected chi connectivity index (χ2v) is 15.0. The molecule has 0 spiro atoms. The number of furan rings is 1. The largest absolute Gasteiger partial charge is 0.456 e. The smallest absolute Gasteiger partial charge is 0.135 e. The zero-order valence-corrected chi connectivity index (χ0v) is 31.0. The third kappa shape index (κ3) is 5.27. The fourth-order valence-electron chi connectivity index (χ4n) is 8.92. The van der Waals surface area contributed by atoms with Crippen molar-refractivity contribution >= 4 is 65.9 Å². The minimum absolute atomic E-state index is 0.243. The molecule has 10 aromatic rings. The maximum atomic E-state index is 6.16. The molecule has 0 aliphatic heterocycles. The van der Waals surface area contributed by atoms with Gasteiger partial charge in [0, 0.05) is 49.4 Å². The van der Waals surface area contributed by atoms with Crippen LogP contribution in [0.2, 0.25) is 0 Å². The molecule has 56 heavy (non-hydrogen) atoms. The summed E-state index contributed by atoms with van der Waals surface area (Å²) in [6, 6.07) is 61.6. The summed E-state index contributed by atoms with van der Waals surface area (Å²) in [5.74, 6) is 0.387. The van der Waals surface area contributed by atoms with E-state index in [-0.39, 0.29) is 6.04 Å². The van der Waals surface area contributed by atoms with Gasteiger partial charge in [-0.05, 0) is 81.6 Å². The Morgan fingerprint density at radius 2 is 1.09 bits per heavy atom. The van der Waals surface area contributed by atoms with Crippen molar-refractivity contribution < 1.29 is 4.42 Å². The Balaban J connectivity index is 1.04. The lowest BCUT2D eigenvalue weighted by atomic mass is 9.95. The molecule has 3 heteroatoms. The van der Waals surface area contributed by atoms with E-state index in [9.17, 15) is 0 Å². The fraction of sp³-hybridized carbons (Fsp3) is 0.0566. The molecule has 1 N–H and O–H groups in total. The Morgan fingerprint density at radius 1 is 0.429 bits per heavy atom. The molecule has 0 saturated heterocycles. The van der Waals surface area contributed by atoms with Crippen LogP contribution in [0.15, 0.2) is 199 Å². The number of fused-ring (bicyclic) bond motifs is 7. The highest BCUT2D eigenvalue weighted by molar-refractivity contribution is 6.11. The van der Waals surface area contributed by atoms with Crippen LogP contribution < -0.4 is 5.32 Å². The molecule has 0 fully saturated rings. The van der Waals surface area contributed by atoms with Crippen molar-refractivity contribution in [2.45, 2.75) is 13.0 Å². The molecule has 1 aliphatic carbocycles. The molecule has 0 saturated carbocycles. The second-order valence-electron chi connectivity index (χ2n) is 15.0. The van der Waals surface area contributed by atoms with Crippen LogP contribution in [0.3, 0.4) is 0 Å². The third-order valence-corrected chi connectivity index (χ3v) is 11.7. The zero-order chi connectivity index (χ0) is 37.2. The van der Waals surface area contributed by atoms with Gasteiger partial charge in [-0.15, -0.1) is 0 Å². The van der Waals surface area contributed by atoms with E-state index in [0.29, 0.717) is 5.92 Å². The van der Waals surface area contributed by atoms with Gasteiger partial charge < -0.3 is 14.3 Å². The van der Waals surface area contributed by atoms with Gasteiger partial charge in [0.05, 0.1) is 11.6 Å². The topological polar surface area (TPSA) is 30.1 Å². The van der Waals surface area contributed by atoms with Crippen molar-refractivity contribution in [2.75, 3.05) is 5.32 Å². The molecule has 2 atom stereocenters. The minimum Gasteiger partial charge on any atom is -0.456 e. The molecule has 2 heterocycles. The predicted molar refractivity (Wildman–Crippen MR) is 237 cm³/mol. The van der Waals surface area contributed by atoms with Crippen molar-refractivity contribution in [1.29, 1.82) is 0 Å². The first-order chi connectivity index (χ1) is 27.7. The number of nitrogens with zero attached hydrogens (tertiary/aromatic N) is 1. The molecule has 0 amide bonds. The van der Waals surface area contributed by atoms with E-state index in [1.807, 2.05) is 12.1 Å². The van der Waals surface area contributed by atoms with E-state index in [1.165, 1.54) is 60.4 Å². The van der Waals surface area contributed by atoms with Gasteiger partial charge in [0.15, 0.2) is 0 Å². The summed E-state index contributed by atoms with van der Waals surface area (Å²) in [4.78, 5) is 0. The molecule has 11 rings (SSSR count). The highest BCUT2D eigenvalue weighted by Gasteiger charge is 2.22. The highest BCUT2D eigenvalue weighted by atomic mass is 16.3. The summed E-state index contributed by atoms with van der Waals surface area (Å²) in [6.45, 7) is 2.31. The highest BCUT2D eigenvalue weighted by Crippen LogP contribution is 2.42. The standard InChI is InChI=1S/C53H38N2O/c1-34-13-5-10-20-49(34)55-50-21-11-8-18-43(50)44-27-24-37(33-51(44)55)36-23-26-40(35-14-3-2-4-15-35)48(32-36)54-47-29-28-39(41-16-6-7-17-42(41)47)38-25-30-53-46(31-38)45-19-9-12-22-52(45)56-53/h2-34,49,54H,1H3. The van der Waals surface area contributed by atoms with Crippen LogP contribution in [0.25, 0.3) is 87.9 Å². The third-order valence-electron chi connectivity index (χ3n) is 11.7. The maximum absolute atomic E-state index is 6.16. The molecule has 0 bridgehead atoms. The molecule has 266 valence electrons. The number of rotatable bonds is 6. The Hall–Kier alpha value is -7.10. The van der Waals surface area contributed by atoms with Gasteiger partial charge >= 0.3 is 0 Å². The first kappa shape index (κ1) is 32.3. The van der Waals surface area contributed by atoms with Crippen LogP contribution in [-0.2, 0) is 0 Å². The summed E-state index contributed by atoms with van der Waals surface area (Å²) < 4.78 is 8.70. The molecule has 0 radical (unpaired) electrons. The first-order valence-electron chi connectivity index (χ1n) is 19.5. The zero-order valence-electron chi connectivity index (χ0n) is 31.0. The van der Waals surface area contributed by atoms with Crippen LogP contribution >= 0.6 is 0 Å². The molecule has 1 aliphatic rings. The van der Waals surface area contributed by atoms with Gasteiger partial charge in [-0.25, -0.2) is 0 Å². The lowest BCUT2D eigenvalue weighted by Gasteiger charge is -2.24. The number of benzene rings is 8. The van der Waals surface area contributed by atoms with E-state index in [4.69, 9.17) is 4.42 Å². The quantitative estimate of drug-likeness (QED) is 0.186. The average Bonchev–Trinajstić information content (AvgIpc) is 3.79. The number of nitrogens with one attached hydrogen (secondary N) is 1. The average molecular weight is 719 g/mol. The molecule has 2 aromatic heterocycles. The van der Waals surface area contributed by atoms with Gasteiger partial charge in [-0.2, -0.15) is 0 Å². The number of hydrogen-bond donors (Lipinski definition) is 1. The van der Waals surface area contributed by atoms with Crippen molar-refractivity contribution in [2.24, 2.45) is 5.92 Å². The molecule has 2 unspecified atom stereocenters. The summed E-state index contributed by atoms with van der Waals surface area (Å²) in [5.41, 5.74) is 13.5. The van der Waals surface area contributed by atoms with Crippen molar-refractivity contribution in [3.8, 4) is 33.4 Å². The Morgan fingerprint density at radius 3 is 1.96 bits per heavy atom. The number of anilines is 2.